The molecule has 0 bridgehead atoms. The van der Waals surface area contributed by atoms with E-state index in [0.717, 1.165) is 17.3 Å². The topological polar surface area (TPSA) is 29.9 Å². The molecule has 0 aliphatic heterocycles. The second kappa shape index (κ2) is 4.84. The van der Waals surface area contributed by atoms with Crippen molar-refractivity contribution >= 4 is 5.69 Å². The number of nitrogens with zero attached hydrogens (tertiary/aromatic N) is 2. The van der Waals surface area contributed by atoms with Crippen LogP contribution in [0.15, 0.2) is 42.7 Å². The second-order valence-electron chi connectivity index (χ2n) is 5.19. The molecule has 3 nitrogen and oxygen atoms in total. The average molecular weight is 241 g/mol. The third-order valence-corrected chi connectivity index (χ3v) is 3.44. The van der Waals surface area contributed by atoms with Crippen LogP contribution in [0.4, 0.5) is 5.69 Å². The summed E-state index contributed by atoms with van der Waals surface area (Å²) in [5, 5.41) is 7.91. The first-order chi connectivity index (χ1) is 8.83. The Bertz CT molecular complexity index is 500. The van der Waals surface area contributed by atoms with Gasteiger partial charge >= 0.3 is 0 Å². The summed E-state index contributed by atoms with van der Waals surface area (Å²) in [6.45, 7) is 2.26. The summed E-state index contributed by atoms with van der Waals surface area (Å²) in [4.78, 5) is 0. The van der Waals surface area contributed by atoms with E-state index >= 15 is 0 Å². The van der Waals surface area contributed by atoms with E-state index < -0.39 is 0 Å². The van der Waals surface area contributed by atoms with Crippen molar-refractivity contribution in [2.24, 2.45) is 5.92 Å². The molecule has 1 aromatic heterocycles. The molecule has 1 aliphatic carbocycles. The van der Waals surface area contributed by atoms with Crippen molar-refractivity contribution < 1.29 is 0 Å². The van der Waals surface area contributed by atoms with Crippen molar-refractivity contribution in [3.63, 3.8) is 0 Å². The van der Waals surface area contributed by atoms with Gasteiger partial charge in [-0.1, -0.05) is 25.0 Å². The summed E-state index contributed by atoms with van der Waals surface area (Å²) in [7, 11) is 0. The minimum absolute atomic E-state index is 0.522. The highest BCUT2D eigenvalue weighted by atomic mass is 15.3. The van der Waals surface area contributed by atoms with Crippen LogP contribution in [0.1, 0.15) is 26.2 Å². The summed E-state index contributed by atoms with van der Waals surface area (Å²) < 4.78 is 1.91. The van der Waals surface area contributed by atoms with Crippen molar-refractivity contribution in [2.45, 2.75) is 32.2 Å². The predicted molar refractivity (Wildman–Crippen MR) is 74.0 cm³/mol. The first-order valence-corrected chi connectivity index (χ1v) is 6.68. The number of nitrogens with one attached hydrogen (secondary N) is 1. The van der Waals surface area contributed by atoms with Gasteiger partial charge in [-0.2, -0.15) is 5.10 Å². The molecule has 3 heteroatoms. The van der Waals surface area contributed by atoms with E-state index in [9.17, 15) is 0 Å². The van der Waals surface area contributed by atoms with Crippen LogP contribution in [0.3, 0.4) is 0 Å². The molecule has 0 saturated heterocycles. The number of anilines is 1. The van der Waals surface area contributed by atoms with Gasteiger partial charge in [0.2, 0.25) is 0 Å². The lowest BCUT2D eigenvalue weighted by Gasteiger charge is -2.17. The van der Waals surface area contributed by atoms with E-state index in [1.165, 1.54) is 19.3 Å². The van der Waals surface area contributed by atoms with Crippen molar-refractivity contribution in [1.82, 2.24) is 9.78 Å². The molecule has 1 N–H and O–H groups in total. The molecule has 2 aromatic rings. The van der Waals surface area contributed by atoms with Crippen molar-refractivity contribution in [3.05, 3.63) is 42.7 Å². The SMILES string of the molecule is CC(CC1CC1)Nc1ccccc1-n1cccn1. The number of hydrogen-bond donors (Lipinski definition) is 1. The summed E-state index contributed by atoms with van der Waals surface area (Å²) in [6, 6.07) is 10.8. The molecule has 0 amide bonds. The fourth-order valence-electron chi connectivity index (χ4n) is 2.38. The molecular formula is C15H19N3. The minimum Gasteiger partial charge on any atom is -0.381 e. The molecule has 0 spiro atoms. The fourth-order valence-corrected chi connectivity index (χ4v) is 2.38. The maximum absolute atomic E-state index is 4.30. The smallest absolute Gasteiger partial charge is 0.0876 e. The summed E-state index contributed by atoms with van der Waals surface area (Å²) in [6.07, 6.45) is 7.88. The maximum atomic E-state index is 4.30. The maximum Gasteiger partial charge on any atom is 0.0876 e. The van der Waals surface area contributed by atoms with Crippen molar-refractivity contribution in [1.29, 1.82) is 0 Å². The van der Waals surface area contributed by atoms with E-state index in [0.29, 0.717) is 6.04 Å². The van der Waals surface area contributed by atoms with Crippen LogP contribution in [0.2, 0.25) is 0 Å². The third kappa shape index (κ3) is 2.55. The van der Waals surface area contributed by atoms with E-state index in [2.05, 4.69) is 35.5 Å². The standard InChI is InChI=1S/C15H19N3/c1-12(11-13-7-8-13)17-14-5-2-3-6-15(14)18-10-4-9-16-18/h2-6,9-10,12-13,17H,7-8,11H2,1H3. The number of rotatable bonds is 5. The van der Waals surface area contributed by atoms with Gasteiger partial charge in [-0.25, -0.2) is 4.68 Å². The quantitative estimate of drug-likeness (QED) is 0.868. The highest BCUT2D eigenvalue weighted by molar-refractivity contribution is 5.60. The molecular weight excluding hydrogens is 222 g/mol. The van der Waals surface area contributed by atoms with Gasteiger partial charge in [0.25, 0.3) is 0 Å². The van der Waals surface area contributed by atoms with Crippen LogP contribution >= 0.6 is 0 Å². The van der Waals surface area contributed by atoms with E-state index in [4.69, 9.17) is 0 Å². The van der Waals surface area contributed by atoms with Gasteiger partial charge in [0, 0.05) is 18.4 Å². The third-order valence-electron chi connectivity index (χ3n) is 3.44. The molecule has 94 valence electrons. The Kier molecular flexibility index (Phi) is 3.05. The second-order valence-corrected chi connectivity index (χ2v) is 5.19. The minimum atomic E-state index is 0.522. The largest absolute Gasteiger partial charge is 0.381 e. The van der Waals surface area contributed by atoms with Crippen LogP contribution in [-0.4, -0.2) is 15.8 Å². The van der Waals surface area contributed by atoms with Crippen molar-refractivity contribution in [2.75, 3.05) is 5.32 Å². The lowest BCUT2D eigenvalue weighted by Crippen LogP contribution is -2.17. The number of para-hydroxylation sites is 2. The zero-order valence-corrected chi connectivity index (χ0v) is 10.7. The monoisotopic (exact) mass is 241 g/mol. The van der Waals surface area contributed by atoms with Gasteiger partial charge in [-0.15, -0.1) is 0 Å². The number of aromatic nitrogens is 2. The van der Waals surface area contributed by atoms with Gasteiger partial charge in [0.05, 0.1) is 11.4 Å². The average Bonchev–Trinajstić information content (AvgIpc) is 3.01. The van der Waals surface area contributed by atoms with Crippen LogP contribution in [0, 0.1) is 5.92 Å². The molecule has 1 aliphatic rings. The van der Waals surface area contributed by atoms with E-state index in [-0.39, 0.29) is 0 Å². The summed E-state index contributed by atoms with van der Waals surface area (Å²) in [5.74, 6) is 0.948. The van der Waals surface area contributed by atoms with Gasteiger partial charge < -0.3 is 5.32 Å². The lowest BCUT2D eigenvalue weighted by molar-refractivity contribution is 0.641. The Balaban J connectivity index is 1.78. The summed E-state index contributed by atoms with van der Waals surface area (Å²) in [5.41, 5.74) is 2.28. The van der Waals surface area contributed by atoms with Gasteiger partial charge in [-0.05, 0) is 37.5 Å². The highest BCUT2D eigenvalue weighted by Crippen LogP contribution is 2.34. The normalized spacial score (nSPS) is 16.5. The summed E-state index contributed by atoms with van der Waals surface area (Å²) >= 11 is 0. The fraction of sp³-hybridized carbons (Fsp3) is 0.400. The molecule has 1 fully saturated rings. The van der Waals surface area contributed by atoms with Crippen LogP contribution in [0.5, 0.6) is 0 Å². The van der Waals surface area contributed by atoms with Gasteiger partial charge in [0.1, 0.15) is 0 Å². The predicted octanol–water partition coefficient (Wildman–Crippen LogP) is 3.47. The van der Waals surface area contributed by atoms with Gasteiger partial charge in [0.15, 0.2) is 0 Å². The molecule has 1 aromatic carbocycles. The molecule has 1 atom stereocenters. The molecule has 1 saturated carbocycles. The Morgan fingerprint density at radius 3 is 2.89 bits per heavy atom. The lowest BCUT2D eigenvalue weighted by atomic mass is 10.1. The molecule has 18 heavy (non-hydrogen) atoms. The zero-order chi connectivity index (χ0) is 12.4. The van der Waals surface area contributed by atoms with Gasteiger partial charge in [-0.3, -0.25) is 0 Å². The van der Waals surface area contributed by atoms with Crippen LogP contribution in [0.25, 0.3) is 5.69 Å². The number of benzene rings is 1. The van der Waals surface area contributed by atoms with E-state index in [1.54, 1.807) is 0 Å². The number of hydrogen-bond acceptors (Lipinski definition) is 2. The Hall–Kier alpha value is -1.77. The Labute approximate surface area is 108 Å². The Morgan fingerprint density at radius 1 is 1.33 bits per heavy atom. The van der Waals surface area contributed by atoms with Crippen LogP contribution < -0.4 is 5.32 Å². The molecule has 1 unspecified atom stereocenters. The first kappa shape index (κ1) is 11.3. The van der Waals surface area contributed by atoms with Crippen LogP contribution in [-0.2, 0) is 0 Å². The van der Waals surface area contributed by atoms with E-state index in [1.807, 2.05) is 29.2 Å². The highest BCUT2D eigenvalue weighted by Gasteiger charge is 2.23. The first-order valence-electron chi connectivity index (χ1n) is 6.68. The Morgan fingerprint density at radius 2 is 2.17 bits per heavy atom. The molecule has 0 radical (unpaired) electrons. The zero-order valence-electron chi connectivity index (χ0n) is 10.7. The van der Waals surface area contributed by atoms with Crippen molar-refractivity contribution in [3.8, 4) is 5.69 Å². The molecule has 1 heterocycles. The molecule has 3 rings (SSSR count).